The minimum atomic E-state index is 0.602. The van der Waals surface area contributed by atoms with Crippen LogP contribution in [-0.4, -0.2) is 25.4 Å². The van der Waals surface area contributed by atoms with Crippen molar-refractivity contribution in [3.63, 3.8) is 0 Å². The van der Waals surface area contributed by atoms with Crippen molar-refractivity contribution in [1.29, 1.82) is 0 Å². The number of hydrogen-bond acceptors (Lipinski definition) is 3. The molecule has 0 amide bonds. The topological polar surface area (TPSA) is 32.6 Å². The molecule has 2 rings (SSSR count). The van der Waals surface area contributed by atoms with Crippen LogP contribution < -0.4 is 14.2 Å². The summed E-state index contributed by atoms with van der Waals surface area (Å²) in [5.74, 6) is 2.20. The first-order valence-electron chi connectivity index (χ1n) is 5.78. The van der Waals surface area contributed by atoms with Gasteiger partial charge in [-0.3, -0.25) is 0 Å². The third-order valence-corrected chi connectivity index (χ3v) is 2.61. The van der Waals surface area contributed by atoms with Gasteiger partial charge in [0.15, 0.2) is 0 Å². The molecule has 1 heterocycles. The van der Waals surface area contributed by atoms with Gasteiger partial charge in [0.1, 0.15) is 23.9 Å². The van der Waals surface area contributed by atoms with E-state index in [-0.39, 0.29) is 0 Å². The smallest absolute Gasteiger partial charge is 0.126 e. The fraction of sp³-hybridized carbons (Fsp3) is 0.286. The predicted molar refractivity (Wildman–Crippen MR) is 69.5 cm³/mol. The summed E-state index contributed by atoms with van der Waals surface area (Å²) < 4.78 is 18.1. The molecule has 4 heteroatoms. The SMILES string of the molecule is COc1cc(OC)cc(OCCn2cccc2)c1. The van der Waals surface area contributed by atoms with Crippen LogP contribution in [0.15, 0.2) is 42.7 Å². The molecule has 0 saturated heterocycles. The molecule has 18 heavy (non-hydrogen) atoms. The first kappa shape index (κ1) is 12.4. The highest BCUT2D eigenvalue weighted by atomic mass is 16.5. The maximum atomic E-state index is 5.68. The number of methoxy groups -OCH3 is 2. The van der Waals surface area contributed by atoms with Gasteiger partial charge in [-0.25, -0.2) is 0 Å². The lowest BCUT2D eigenvalue weighted by molar-refractivity contribution is 0.294. The van der Waals surface area contributed by atoms with E-state index in [1.807, 2.05) is 42.7 Å². The summed E-state index contributed by atoms with van der Waals surface area (Å²) in [6.07, 6.45) is 4.02. The predicted octanol–water partition coefficient (Wildman–Crippen LogP) is 2.58. The fourth-order valence-electron chi connectivity index (χ4n) is 1.65. The number of rotatable bonds is 6. The van der Waals surface area contributed by atoms with Gasteiger partial charge < -0.3 is 18.8 Å². The zero-order valence-electron chi connectivity index (χ0n) is 10.6. The Morgan fingerprint density at radius 2 is 1.44 bits per heavy atom. The average Bonchev–Trinajstić information content (AvgIpc) is 2.91. The van der Waals surface area contributed by atoms with E-state index in [1.54, 1.807) is 14.2 Å². The lowest BCUT2D eigenvalue weighted by Gasteiger charge is -2.10. The van der Waals surface area contributed by atoms with Gasteiger partial charge in [-0.05, 0) is 12.1 Å². The number of aromatic nitrogens is 1. The molecule has 0 bridgehead atoms. The molecule has 0 atom stereocenters. The minimum absolute atomic E-state index is 0.602. The van der Waals surface area contributed by atoms with Crippen LogP contribution in [0.3, 0.4) is 0 Å². The van der Waals surface area contributed by atoms with E-state index in [4.69, 9.17) is 14.2 Å². The Kier molecular flexibility index (Phi) is 4.12. The Balaban J connectivity index is 1.95. The van der Waals surface area contributed by atoms with Crippen LogP contribution >= 0.6 is 0 Å². The van der Waals surface area contributed by atoms with Crippen molar-refractivity contribution < 1.29 is 14.2 Å². The lowest BCUT2D eigenvalue weighted by Crippen LogP contribution is -2.06. The Hall–Kier alpha value is -2.10. The van der Waals surface area contributed by atoms with Crippen LogP contribution in [0.2, 0.25) is 0 Å². The van der Waals surface area contributed by atoms with Gasteiger partial charge in [0, 0.05) is 30.6 Å². The van der Waals surface area contributed by atoms with E-state index >= 15 is 0 Å². The monoisotopic (exact) mass is 247 g/mol. The molecule has 0 unspecified atom stereocenters. The first-order valence-corrected chi connectivity index (χ1v) is 5.78. The highest BCUT2D eigenvalue weighted by Gasteiger charge is 2.02. The molecule has 2 aromatic rings. The molecule has 0 aliphatic rings. The second-order valence-electron chi connectivity index (χ2n) is 3.82. The quantitative estimate of drug-likeness (QED) is 0.786. The minimum Gasteiger partial charge on any atom is -0.496 e. The maximum Gasteiger partial charge on any atom is 0.126 e. The summed E-state index contributed by atoms with van der Waals surface area (Å²) in [4.78, 5) is 0. The van der Waals surface area contributed by atoms with E-state index < -0.39 is 0 Å². The number of benzene rings is 1. The first-order chi connectivity index (χ1) is 8.81. The van der Waals surface area contributed by atoms with Crippen LogP contribution in [0, 0.1) is 0 Å². The lowest BCUT2D eigenvalue weighted by atomic mass is 10.3. The summed E-state index contributed by atoms with van der Waals surface area (Å²) in [6.45, 7) is 1.41. The van der Waals surface area contributed by atoms with Gasteiger partial charge in [0.2, 0.25) is 0 Å². The van der Waals surface area contributed by atoms with E-state index in [2.05, 4.69) is 4.57 Å². The molecule has 0 aliphatic carbocycles. The molecule has 1 aromatic heterocycles. The zero-order chi connectivity index (χ0) is 12.8. The maximum absolute atomic E-state index is 5.68. The third kappa shape index (κ3) is 3.20. The molecule has 0 aliphatic heterocycles. The van der Waals surface area contributed by atoms with E-state index in [1.165, 1.54) is 0 Å². The van der Waals surface area contributed by atoms with Crippen molar-refractivity contribution in [2.24, 2.45) is 0 Å². The van der Waals surface area contributed by atoms with Crippen LogP contribution in [0.5, 0.6) is 17.2 Å². The highest BCUT2D eigenvalue weighted by Crippen LogP contribution is 2.27. The van der Waals surface area contributed by atoms with Gasteiger partial charge in [0.05, 0.1) is 20.8 Å². The van der Waals surface area contributed by atoms with Gasteiger partial charge in [0.25, 0.3) is 0 Å². The zero-order valence-corrected chi connectivity index (χ0v) is 10.6. The Labute approximate surface area is 107 Å². The van der Waals surface area contributed by atoms with E-state index in [0.29, 0.717) is 6.61 Å². The molecular formula is C14H17NO3. The van der Waals surface area contributed by atoms with Crippen LogP contribution in [0.4, 0.5) is 0 Å². The molecule has 0 N–H and O–H groups in total. The molecular weight excluding hydrogens is 230 g/mol. The van der Waals surface area contributed by atoms with Crippen molar-refractivity contribution in [2.75, 3.05) is 20.8 Å². The molecule has 0 radical (unpaired) electrons. The van der Waals surface area contributed by atoms with Crippen molar-refractivity contribution in [3.8, 4) is 17.2 Å². The summed E-state index contributed by atoms with van der Waals surface area (Å²) in [6, 6.07) is 9.50. The van der Waals surface area contributed by atoms with Gasteiger partial charge >= 0.3 is 0 Å². The van der Waals surface area contributed by atoms with Gasteiger partial charge in [-0.2, -0.15) is 0 Å². The second-order valence-corrected chi connectivity index (χ2v) is 3.82. The molecule has 0 fully saturated rings. The molecule has 1 aromatic carbocycles. The molecule has 96 valence electrons. The Morgan fingerprint density at radius 3 is 2.00 bits per heavy atom. The molecule has 4 nitrogen and oxygen atoms in total. The number of ether oxygens (including phenoxy) is 3. The second kappa shape index (κ2) is 6.00. The normalized spacial score (nSPS) is 10.1. The number of nitrogens with zero attached hydrogens (tertiary/aromatic N) is 1. The summed E-state index contributed by atoms with van der Waals surface area (Å²) in [5.41, 5.74) is 0. The summed E-state index contributed by atoms with van der Waals surface area (Å²) >= 11 is 0. The van der Waals surface area contributed by atoms with E-state index in [0.717, 1.165) is 23.8 Å². The fourth-order valence-corrected chi connectivity index (χ4v) is 1.65. The third-order valence-electron chi connectivity index (χ3n) is 2.61. The van der Waals surface area contributed by atoms with Crippen LogP contribution in [-0.2, 0) is 6.54 Å². The van der Waals surface area contributed by atoms with Crippen LogP contribution in [0.1, 0.15) is 0 Å². The van der Waals surface area contributed by atoms with Crippen molar-refractivity contribution >= 4 is 0 Å². The van der Waals surface area contributed by atoms with Crippen molar-refractivity contribution in [1.82, 2.24) is 4.57 Å². The number of hydrogen-bond donors (Lipinski definition) is 0. The molecule has 0 saturated carbocycles. The van der Waals surface area contributed by atoms with Crippen molar-refractivity contribution in [2.45, 2.75) is 6.54 Å². The summed E-state index contributed by atoms with van der Waals surface area (Å²) in [7, 11) is 3.25. The standard InChI is InChI=1S/C14H17NO3/c1-16-12-9-13(17-2)11-14(10-12)18-8-7-15-5-3-4-6-15/h3-6,9-11H,7-8H2,1-2H3. The summed E-state index contributed by atoms with van der Waals surface area (Å²) in [5, 5.41) is 0. The Bertz CT molecular complexity index is 458. The van der Waals surface area contributed by atoms with Gasteiger partial charge in [-0.1, -0.05) is 0 Å². The van der Waals surface area contributed by atoms with Crippen molar-refractivity contribution in [3.05, 3.63) is 42.7 Å². The Morgan fingerprint density at radius 1 is 0.889 bits per heavy atom. The highest BCUT2D eigenvalue weighted by molar-refractivity contribution is 5.41. The molecule has 0 spiro atoms. The van der Waals surface area contributed by atoms with Crippen LogP contribution in [0.25, 0.3) is 0 Å². The van der Waals surface area contributed by atoms with Gasteiger partial charge in [-0.15, -0.1) is 0 Å². The van der Waals surface area contributed by atoms with E-state index in [9.17, 15) is 0 Å². The largest absolute Gasteiger partial charge is 0.496 e. The average molecular weight is 247 g/mol.